The van der Waals surface area contributed by atoms with Crippen molar-refractivity contribution < 1.29 is 22.8 Å². The van der Waals surface area contributed by atoms with Crippen molar-refractivity contribution in [3.63, 3.8) is 0 Å². The number of piperidine rings is 1. The van der Waals surface area contributed by atoms with Crippen molar-refractivity contribution in [2.45, 2.75) is 31.0 Å². The van der Waals surface area contributed by atoms with Crippen molar-refractivity contribution in [1.29, 1.82) is 0 Å². The minimum Gasteiger partial charge on any atom is -0.388 e. The van der Waals surface area contributed by atoms with E-state index in [-0.39, 0.29) is 11.5 Å². The minimum absolute atomic E-state index is 0.160. The molecule has 0 unspecified atom stereocenters. The van der Waals surface area contributed by atoms with Gasteiger partial charge < -0.3 is 9.74 Å². The van der Waals surface area contributed by atoms with Crippen LogP contribution in [-0.4, -0.2) is 35.2 Å². The van der Waals surface area contributed by atoms with Crippen LogP contribution in [0.25, 0.3) is 6.08 Å². The molecular weight excluding hydrogens is 393 g/mol. The highest BCUT2D eigenvalue weighted by Crippen LogP contribution is 2.36. The molecule has 0 aromatic heterocycles. The zero-order valence-corrected chi connectivity index (χ0v) is 16.2. The van der Waals surface area contributed by atoms with Crippen LogP contribution in [0.3, 0.4) is 0 Å². The number of hydrogen-bond acceptors (Lipinski definition) is 3. The first-order valence-corrected chi connectivity index (χ1v) is 9.79. The van der Waals surface area contributed by atoms with Crippen LogP contribution in [0.4, 0.5) is 13.2 Å². The number of carbonyl (C=O) groups is 1. The second kappa shape index (κ2) is 7.97. The lowest BCUT2D eigenvalue weighted by atomic mass is 9.85. The summed E-state index contributed by atoms with van der Waals surface area (Å²) >= 11 is 0. The van der Waals surface area contributed by atoms with E-state index < -0.39 is 11.7 Å². The van der Waals surface area contributed by atoms with E-state index in [4.69, 9.17) is 4.84 Å². The van der Waals surface area contributed by atoms with Gasteiger partial charge in [0, 0.05) is 38.4 Å². The Kier molecular flexibility index (Phi) is 5.37. The van der Waals surface area contributed by atoms with E-state index >= 15 is 0 Å². The summed E-state index contributed by atoms with van der Waals surface area (Å²) in [5.74, 6) is -0.160. The lowest BCUT2D eigenvalue weighted by Gasteiger charge is -2.36. The highest BCUT2D eigenvalue weighted by atomic mass is 19.4. The Bertz CT molecular complexity index is 958. The summed E-state index contributed by atoms with van der Waals surface area (Å²) < 4.78 is 37.9. The van der Waals surface area contributed by atoms with E-state index in [9.17, 15) is 18.0 Å². The first-order chi connectivity index (χ1) is 14.3. The van der Waals surface area contributed by atoms with Crippen molar-refractivity contribution in [2.75, 3.05) is 13.1 Å². The van der Waals surface area contributed by atoms with E-state index in [1.165, 1.54) is 24.3 Å². The normalized spacial score (nSPS) is 18.5. The Morgan fingerprint density at radius 1 is 1.03 bits per heavy atom. The molecule has 2 aromatic rings. The van der Waals surface area contributed by atoms with Crippen LogP contribution in [0.15, 0.2) is 65.8 Å². The standard InChI is InChI=1S/C23H21F3N2O2/c24-23(25,26)19-9-6-17(7-10-19)8-11-21(29)28-14-12-22(13-15-28)16-20(27-30-22)18-4-2-1-3-5-18/h1-11H,12-16H2. The van der Waals surface area contributed by atoms with Gasteiger partial charge in [-0.1, -0.05) is 47.6 Å². The van der Waals surface area contributed by atoms with Gasteiger partial charge in [0.15, 0.2) is 0 Å². The monoisotopic (exact) mass is 414 g/mol. The molecule has 0 bridgehead atoms. The predicted molar refractivity (Wildman–Crippen MR) is 108 cm³/mol. The van der Waals surface area contributed by atoms with Crippen molar-refractivity contribution in [3.8, 4) is 0 Å². The van der Waals surface area contributed by atoms with Gasteiger partial charge in [0.25, 0.3) is 0 Å². The van der Waals surface area contributed by atoms with Crippen LogP contribution < -0.4 is 0 Å². The molecule has 2 aliphatic rings. The zero-order valence-electron chi connectivity index (χ0n) is 16.2. The van der Waals surface area contributed by atoms with Crippen molar-refractivity contribution in [2.24, 2.45) is 5.16 Å². The third-order valence-electron chi connectivity index (χ3n) is 5.59. The molecule has 0 N–H and O–H groups in total. The topological polar surface area (TPSA) is 41.9 Å². The first-order valence-electron chi connectivity index (χ1n) is 9.79. The Hall–Kier alpha value is -3.09. The second-order valence-corrected chi connectivity index (χ2v) is 7.63. The summed E-state index contributed by atoms with van der Waals surface area (Å²) in [7, 11) is 0. The Balaban J connectivity index is 1.31. The van der Waals surface area contributed by atoms with Crippen LogP contribution in [0.2, 0.25) is 0 Å². The van der Waals surface area contributed by atoms with Gasteiger partial charge in [-0.3, -0.25) is 4.79 Å². The zero-order chi connectivity index (χ0) is 21.2. The highest BCUT2D eigenvalue weighted by molar-refractivity contribution is 6.01. The van der Waals surface area contributed by atoms with Gasteiger partial charge in [-0.2, -0.15) is 13.2 Å². The molecule has 0 saturated carbocycles. The maximum absolute atomic E-state index is 12.6. The van der Waals surface area contributed by atoms with Gasteiger partial charge in [-0.25, -0.2) is 0 Å². The number of alkyl halides is 3. The maximum Gasteiger partial charge on any atom is 0.416 e. The van der Waals surface area contributed by atoms with Crippen molar-refractivity contribution >= 4 is 17.7 Å². The number of rotatable bonds is 3. The summed E-state index contributed by atoms with van der Waals surface area (Å²) in [4.78, 5) is 20.0. The number of benzene rings is 2. The molecular formula is C23H21F3N2O2. The van der Waals surface area contributed by atoms with Crippen molar-refractivity contribution in [1.82, 2.24) is 4.90 Å². The van der Waals surface area contributed by atoms with E-state index in [1.54, 1.807) is 4.90 Å². The number of carbonyl (C=O) groups excluding carboxylic acids is 1. The van der Waals surface area contributed by atoms with Gasteiger partial charge in [0.1, 0.15) is 5.60 Å². The molecule has 1 spiro atoms. The van der Waals surface area contributed by atoms with Crippen molar-refractivity contribution in [3.05, 3.63) is 77.4 Å². The molecule has 30 heavy (non-hydrogen) atoms. The van der Waals surface area contributed by atoms with E-state index in [0.717, 1.165) is 29.8 Å². The van der Waals surface area contributed by atoms with Crippen LogP contribution in [0, 0.1) is 0 Å². The molecule has 0 radical (unpaired) electrons. The fourth-order valence-electron chi connectivity index (χ4n) is 3.77. The Morgan fingerprint density at radius 2 is 1.70 bits per heavy atom. The molecule has 0 aliphatic carbocycles. The Morgan fingerprint density at radius 3 is 2.33 bits per heavy atom. The molecule has 7 heteroatoms. The molecule has 2 aliphatic heterocycles. The molecule has 4 nitrogen and oxygen atoms in total. The maximum atomic E-state index is 12.6. The molecule has 2 heterocycles. The summed E-state index contributed by atoms with van der Waals surface area (Å²) in [6.45, 7) is 1.10. The quantitative estimate of drug-likeness (QED) is 0.670. The molecule has 1 fully saturated rings. The number of amides is 1. The van der Waals surface area contributed by atoms with Gasteiger partial charge >= 0.3 is 6.18 Å². The van der Waals surface area contributed by atoms with Gasteiger partial charge in [-0.15, -0.1) is 0 Å². The first kappa shape index (κ1) is 20.2. The summed E-state index contributed by atoms with van der Waals surface area (Å²) in [5.41, 5.74) is 1.45. The van der Waals surface area contributed by atoms with E-state index in [1.807, 2.05) is 30.3 Å². The lowest BCUT2D eigenvalue weighted by molar-refractivity contribution is -0.137. The Labute approximate surface area is 172 Å². The molecule has 4 rings (SSSR count). The SMILES string of the molecule is O=C(C=Cc1ccc(C(F)(F)F)cc1)N1CCC2(CC1)CC(c1ccccc1)=NO2. The lowest BCUT2D eigenvalue weighted by Crippen LogP contribution is -2.46. The molecule has 1 amide bonds. The highest BCUT2D eigenvalue weighted by Gasteiger charge is 2.42. The minimum atomic E-state index is -4.37. The number of nitrogens with zero attached hydrogens (tertiary/aromatic N) is 2. The summed E-state index contributed by atoms with van der Waals surface area (Å²) in [6, 6.07) is 14.6. The average Bonchev–Trinajstić information content (AvgIpc) is 3.16. The third kappa shape index (κ3) is 4.40. The van der Waals surface area contributed by atoms with Gasteiger partial charge in [0.2, 0.25) is 5.91 Å². The summed E-state index contributed by atoms with van der Waals surface area (Å²) in [6.07, 6.45) is 0.672. The smallest absolute Gasteiger partial charge is 0.388 e. The fraction of sp³-hybridized carbons (Fsp3) is 0.304. The number of halogens is 3. The fourth-order valence-corrected chi connectivity index (χ4v) is 3.77. The third-order valence-corrected chi connectivity index (χ3v) is 5.59. The number of hydrogen-bond donors (Lipinski definition) is 0. The van der Waals surface area contributed by atoms with E-state index in [2.05, 4.69) is 5.16 Å². The largest absolute Gasteiger partial charge is 0.416 e. The van der Waals surface area contributed by atoms with Crippen LogP contribution in [-0.2, 0) is 15.8 Å². The number of likely N-dealkylation sites (tertiary alicyclic amines) is 1. The predicted octanol–water partition coefficient (Wildman–Crippen LogP) is 4.90. The van der Waals surface area contributed by atoms with Gasteiger partial charge in [0.05, 0.1) is 11.3 Å². The van der Waals surface area contributed by atoms with Crippen LogP contribution in [0.1, 0.15) is 36.0 Å². The second-order valence-electron chi connectivity index (χ2n) is 7.63. The molecule has 156 valence electrons. The molecule has 1 saturated heterocycles. The van der Waals surface area contributed by atoms with Crippen LogP contribution >= 0.6 is 0 Å². The average molecular weight is 414 g/mol. The van der Waals surface area contributed by atoms with Crippen LogP contribution in [0.5, 0.6) is 0 Å². The summed E-state index contributed by atoms with van der Waals surface area (Å²) in [5, 5.41) is 4.27. The van der Waals surface area contributed by atoms with Gasteiger partial charge in [-0.05, 0) is 29.3 Å². The molecule has 2 aromatic carbocycles. The molecule has 0 atom stereocenters. The number of oxime groups is 1. The van der Waals surface area contributed by atoms with E-state index in [0.29, 0.717) is 31.5 Å².